The first kappa shape index (κ1) is 11.5. The summed E-state index contributed by atoms with van der Waals surface area (Å²) in [5.41, 5.74) is 0. The number of hydrogen-bond acceptors (Lipinski definition) is 4. The summed E-state index contributed by atoms with van der Waals surface area (Å²) in [6.45, 7) is 6.89. The third-order valence-corrected chi connectivity index (χ3v) is 2.66. The number of hydrogen-bond donors (Lipinski definition) is 0. The van der Waals surface area contributed by atoms with Gasteiger partial charge in [-0.05, 0) is 0 Å². The van der Waals surface area contributed by atoms with Crippen LogP contribution in [0.15, 0.2) is 25.3 Å². The van der Waals surface area contributed by atoms with Gasteiger partial charge in [0.1, 0.15) is 0 Å². The van der Waals surface area contributed by atoms with Crippen molar-refractivity contribution in [1.82, 2.24) is 0 Å². The van der Waals surface area contributed by atoms with E-state index in [1.54, 1.807) is 12.2 Å². The van der Waals surface area contributed by atoms with Crippen molar-refractivity contribution < 1.29 is 9.59 Å². The Morgan fingerprint density at radius 3 is 1.58 bits per heavy atom. The fraction of sp³-hybridized carbons (Fsp3) is 0.250. The molecule has 0 N–H and O–H groups in total. The highest BCUT2D eigenvalue weighted by atomic mass is 32.2. The normalized spacial score (nSPS) is 9.00. The van der Waals surface area contributed by atoms with Gasteiger partial charge in [-0.2, -0.15) is 0 Å². The van der Waals surface area contributed by atoms with Crippen LogP contribution in [0.3, 0.4) is 0 Å². The minimum absolute atomic E-state index is 0.415. The van der Waals surface area contributed by atoms with E-state index in [2.05, 4.69) is 13.2 Å². The lowest BCUT2D eigenvalue weighted by Crippen LogP contribution is -2.05. The Bertz CT molecular complexity index is 177. The van der Waals surface area contributed by atoms with Crippen molar-refractivity contribution in [2.45, 2.75) is 0 Å². The van der Waals surface area contributed by atoms with Crippen LogP contribution < -0.4 is 0 Å². The van der Waals surface area contributed by atoms with E-state index in [4.69, 9.17) is 0 Å². The Hall–Kier alpha value is -0.480. The molecule has 0 aromatic carbocycles. The van der Waals surface area contributed by atoms with Gasteiger partial charge in [-0.3, -0.25) is 9.59 Å². The molecule has 4 heteroatoms. The summed E-state index contributed by atoms with van der Waals surface area (Å²) in [6, 6.07) is 0. The second-order valence-corrected chi connectivity index (χ2v) is 3.76. The predicted molar refractivity (Wildman–Crippen MR) is 55.3 cm³/mol. The van der Waals surface area contributed by atoms with Gasteiger partial charge in [-0.15, -0.1) is 13.2 Å². The van der Waals surface area contributed by atoms with Crippen molar-refractivity contribution in [3.63, 3.8) is 0 Å². The quantitative estimate of drug-likeness (QED) is 0.515. The maximum absolute atomic E-state index is 10.9. The molecule has 0 aromatic heterocycles. The molecule has 0 amide bonds. The van der Waals surface area contributed by atoms with Crippen LogP contribution in [0.5, 0.6) is 0 Å². The summed E-state index contributed by atoms with van der Waals surface area (Å²) < 4.78 is 0. The van der Waals surface area contributed by atoms with Gasteiger partial charge in [0.15, 0.2) is 0 Å². The summed E-state index contributed by atoms with van der Waals surface area (Å²) in [6.07, 6.45) is 3.18. The molecule has 2 nitrogen and oxygen atoms in total. The molecule has 0 radical (unpaired) electrons. The lowest BCUT2D eigenvalue weighted by atomic mass is 10.8. The number of thioether (sulfide) groups is 2. The van der Waals surface area contributed by atoms with Crippen molar-refractivity contribution >= 4 is 33.8 Å². The van der Waals surface area contributed by atoms with Gasteiger partial charge in [-0.25, -0.2) is 0 Å². The molecule has 0 unspecified atom stereocenters. The van der Waals surface area contributed by atoms with E-state index < -0.39 is 10.2 Å². The maximum Gasteiger partial charge on any atom is 0.266 e. The van der Waals surface area contributed by atoms with E-state index in [-0.39, 0.29) is 0 Å². The van der Waals surface area contributed by atoms with E-state index in [1.165, 1.54) is 0 Å². The molecule has 0 bridgehead atoms. The summed E-state index contributed by atoms with van der Waals surface area (Å²) in [5, 5.41) is -0.830. The number of rotatable bonds is 4. The molecule has 0 aliphatic rings. The second-order valence-electron chi connectivity index (χ2n) is 1.77. The minimum atomic E-state index is -0.415. The third kappa shape index (κ3) is 5.21. The van der Waals surface area contributed by atoms with Crippen LogP contribution in [0.4, 0.5) is 0 Å². The highest BCUT2D eigenvalue weighted by Crippen LogP contribution is 2.10. The van der Waals surface area contributed by atoms with Gasteiger partial charge in [0.25, 0.3) is 10.2 Å². The van der Waals surface area contributed by atoms with Gasteiger partial charge >= 0.3 is 0 Å². The monoisotopic (exact) mass is 202 g/mol. The van der Waals surface area contributed by atoms with E-state index in [9.17, 15) is 9.59 Å². The standard InChI is InChI=1S/C8H10O2S2/c1-3-5-11-7(9)8(10)12-6-4-2/h3-4H,1-2,5-6H2. The zero-order valence-electron chi connectivity index (χ0n) is 6.62. The SMILES string of the molecule is C=CCSC(=O)C(=O)SCC=C. The topological polar surface area (TPSA) is 34.1 Å². The first-order valence-corrected chi connectivity index (χ1v) is 5.25. The maximum atomic E-state index is 10.9. The lowest BCUT2D eigenvalue weighted by Gasteiger charge is -1.94. The predicted octanol–water partition coefficient (Wildman–Crippen LogP) is 1.88. The molecule has 0 aliphatic carbocycles. The van der Waals surface area contributed by atoms with Crippen LogP contribution in [-0.2, 0) is 9.59 Å². The molecule has 0 heterocycles. The Balaban J connectivity index is 3.68. The molecule has 0 aromatic rings. The van der Waals surface area contributed by atoms with E-state index in [1.807, 2.05) is 0 Å². The molecular formula is C8H10O2S2. The van der Waals surface area contributed by atoms with Gasteiger partial charge < -0.3 is 0 Å². The molecule has 0 saturated carbocycles. The van der Waals surface area contributed by atoms with Gasteiger partial charge in [-0.1, -0.05) is 35.7 Å². The second kappa shape index (κ2) is 7.18. The van der Waals surface area contributed by atoms with Crippen molar-refractivity contribution in [2.24, 2.45) is 0 Å². The fourth-order valence-corrected chi connectivity index (χ4v) is 1.51. The van der Waals surface area contributed by atoms with Crippen molar-refractivity contribution in [3.05, 3.63) is 25.3 Å². The Morgan fingerprint density at radius 2 is 1.33 bits per heavy atom. The van der Waals surface area contributed by atoms with Crippen molar-refractivity contribution in [3.8, 4) is 0 Å². The Morgan fingerprint density at radius 1 is 1.00 bits per heavy atom. The van der Waals surface area contributed by atoms with Gasteiger partial charge in [0.05, 0.1) is 0 Å². The van der Waals surface area contributed by atoms with Crippen LogP contribution in [-0.4, -0.2) is 21.7 Å². The highest BCUT2D eigenvalue weighted by Gasteiger charge is 2.12. The van der Waals surface area contributed by atoms with Gasteiger partial charge in [0.2, 0.25) is 0 Å². The first-order chi connectivity index (χ1) is 5.72. The van der Waals surface area contributed by atoms with E-state index in [0.29, 0.717) is 11.5 Å². The minimum Gasteiger partial charge on any atom is -0.277 e. The average Bonchev–Trinajstić information content (AvgIpc) is 2.10. The molecule has 0 spiro atoms. The summed E-state index contributed by atoms with van der Waals surface area (Å²) in [7, 11) is 0. The number of carbonyl (C=O) groups excluding carboxylic acids is 2. The Labute approximate surface area is 80.5 Å². The largest absolute Gasteiger partial charge is 0.277 e. The number of carbonyl (C=O) groups is 2. The van der Waals surface area contributed by atoms with Crippen LogP contribution in [0, 0.1) is 0 Å². The summed E-state index contributed by atoms with van der Waals surface area (Å²) >= 11 is 1.95. The summed E-state index contributed by atoms with van der Waals surface area (Å²) in [5.74, 6) is 0.971. The summed E-state index contributed by atoms with van der Waals surface area (Å²) in [4.78, 5) is 21.8. The highest BCUT2D eigenvalue weighted by molar-refractivity contribution is 8.24. The van der Waals surface area contributed by atoms with Crippen LogP contribution in [0.2, 0.25) is 0 Å². The molecule has 0 aliphatic heterocycles. The smallest absolute Gasteiger partial charge is 0.266 e. The molecule has 66 valence electrons. The molecule has 12 heavy (non-hydrogen) atoms. The average molecular weight is 202 g/mol. The fourth-order valence-electron chi connectivity index (χ4n) is 0.387. The van der Waals surface area contributed by atoms with Crippen molar-refractivity contribution in [2.75, 3.05) is 11.5 Å². The third-order valence-electron chi connectivity index (χ3n) is 0.831. The Kier molecular flexibility index (Phi) is 6.90. The molecule has 0 rings (SSSR count). The van der Waals surface area contributed by atoms with Crippen LogP contribution in [0.1, 0.15) is 0 Å². The van der Waals surface area contributed by atoms with Crippen LogP contribution in [0.25, 0.3) is 0 Å². The molecular weight excluding hydrogens is 192 g/mol. The van der Waals surface area contributed by atoms with E-state index >= 15 is 0 Å². The molecule has 0 atom stereocenters. The molecule has 0 fully saturated rings. The molecule has 0 saturated heterocycles. The van der Waals surface area contributed by atoms with E-state index in [0.717, 1.165) is 23.5 Å². The van der Waals surface area contributed by atoms with Crippen molar-refractivity contribution in [1.29, 1.82) is 0 Å². The lowest BCUT2D eigenvalue weighted by molar-refractivity contribution is -0.126. The van der Waals surface area contributed by atoms with Gasteiger partial charge in [0, 0.05) is 11.5 Å². The zero-order valence-corrected chi connectivity index (χ0v) is 8.25. The first-order valence-electron chi connectivity index (χ1n) is 3.28. The van der Waals surface area contributed by atoms with Crippen LogP contribution >= 0.6 is 23.5 Å². The zero-order chi connectivity index (χ0) is 9.40.